The van der Waals surface area contributed by atoms with Crippen LogP contribution in [0.2, 0.25) is 0 Å². The fourth-order valence-electron chi connectivity index (χ4n) is 3.10. The monoisotopic (exact) mass is 348 g/mol. The van der Waals surface area contributed by atoms with E-state index in [1.165, 1.54) is 24.0 Å². The summed E-state index contributed by atoms with van der Waals surface area (Å²) in [7, 11) is 0. The molecule has 1 aliphatic rings. The summed E-state index contributed by atoms with van der Waals surface area (Å²) in [6.07, 6.45) is 5.38. The first-order valence-electron chi connectivity index (χ1n) is 9.04. The molecule has 1 atom stereocenters. The Labute approximate surface area is 149 Å². The van der Waals surface area contributed by atoms with Gasteiger partial charge in [0.05, 0.1) is 25.9 Å². The number of aliphatic hydroxyl groups is 1. The summed E-state index contributed by atoms with van der Waals surface area (Å²) >= 11 is 0. The molecule has 0 aromatic heterocycles. The van der Waals surface area contributed by atoms with Crippen molar-refractivity contribution >= 4 is 11.8 Å². The predicted octanol–water partition coefficient (Wildman–Crippen LogP) is 1.26. The highest BCUT2D eigenvalue weighted by Crippen LogP contribution is 2.26. The van der Waals surface area contributed by atoms with Crippen LogP contribution in [-0.2, 0) is 27.2 Å². The Hall–Kier alpha value is -1.92. The van der Waals surface area contributed by atoms with E-state index >= 15 is 0 Å². The normalized spacial score (nSPS) is 14.5. The van der Waals surface area contributed by atoms with Gasteiger partial charge in [0.2, 0.25) is 0 Å². The van der Waals surface area contributed by atoms with Crippen LogP contribution in [0.5, 0.6) is 0 Å². The van der Waals surface area contributed by atoms with E-state index in [0.29, 0.717) is 0 Å². The average Bonchev–Trinajstić information content (AvgIpc) is 2.65. The second-order valence-electron chi connectivity index (χ2n) is 6.26. The number of rotatable bonds is 8. The zero-order valence-electron chi connectivity index (χ0n) is 14.8. The molecule has 2 rings (SSSR count). The molecule has 0 aliphatic heterocycles. The Morgan fingerprint density at radius 1 is 1.16 bits per heavy atom. The third-order valence-corrected chi connectivity index (χ3v) is 4.46. The summed E-state index contributed by atoms with van der Waals surface area (Å²) in [4.78, 5) is 24.0. The predicted molar refractivity (Wildman–Crippen MR) is 95.2 cm³/mol. The van der Waals surface area contributed by atoms with Crippen LogP contribution in [0.25, 0.3) is 0 Å². The van der Waals surface area contributed by atoms with Crippen LogP contribution in [0.3, 0.4) is 0 Å². The number of hydrogen-bond acceptors (Lipinski definition) is 4. The summed E-state index contributed by atoms with van der Waals surface area (Å²) in [5.41, 5.74) is 3.81. The number of aryl methyl sites for hydroxylation is 2. The molecule has 0 spiro atoms. The number of aliphatic hydroxyl groups excluding tert-OH is 1. The van der Waals surface area contributed by atoms with E-state index in [-0.39, 0.29) is 32.4 Å². The van der Waals surface area contributed by atoms with Gasteiger partial charge in [-0.1, -0.05) is 25.1 Å². The quantitative estimate of drug-likeness (QED) is 0.487. The molecule has 1 aromatic rings. The maximum Gasteiger partial charge on any atom is 0.309 e. The highest BCUT2D eigenvalue weighted by Gasteiger charge is 2.20. The van der Waals surface area contributed by atoms with E-state index in [4.69, 9.17) is 9.84 Å². The van der Waals surface area contributed by atoms with Crippen LogP contribution >= 0.6 is 0 Å². The zero-order valence-corrected chi connectivity index (χ0v) is 14.8. The Morgan fingerprint density at radius 3 is 2.64 bits per heavy atom. The number of hydrogen-bond donors (Lipinski definition) is 3. The van der Waals surface area contributed by atoms with Gasteiger partial charge in [0.1, 0.15) is 0 Å². The largest absolute Gasteiger partial charge is 0.394 e. The molecule has 3 N–H and O–H groups in total. The van der Waals surface area contributed by atoms with Crippen molar-refractivity contribution in [1.29, 1.82) is 0 Å². The van der Waals surface area contributed by atoms with Gasteiger partial charge in [-0.15, -0.1) is 0 Å². The summed E-state index contributed by atoms with van der Waals surface area (Å²) in [6.45, 7) is 2.65. The summed E-state index contributed by atoms with van der Waals surface area (Å²) < 4.78 is 5.04. The maximum atomic E-state index is 12.1. The van der Waals surface area contributed by atoms with Crippen LogP contribution in [0.15, 0.2) is 18.2 Å². The van der Waals surface area contributed by atoms with Crippen molar-refractivity contribution in [3.8, 4) is 0 Å². The lowest BCUT2D eigenvalue weighted by molar-refractivity contribution is -0.139. The first kappa shape index (κ1) is 19.4. The molecule has 0 saturated carbocycles. The Kier molecular flexibility index (Phi) is 7.88. The molecule has 0 fully saturated rings. The molecule has 0 bridgehead atoms. The highest BCUT2D eigenvalue weighted by molar-refractivity contribution is 6.35. The lowest BCUT2D eigenvalue weighted by Gasteiger charge is -2.21. The van der Waals surface area contributed by atoms with Crippen molar-refractivity contribution in [2.75, 3.05) is 26.4 Å². The van der Waals surface area contributed by atoms with Crippen molar-refractivity contribution in [3.63, 3.8) is 0 Å². The SMILES string of the molecule is CCC(NC(=O)C(=O)NCCOCCO)c1ccc2c(c1)CCCC2. The van der Waals surface area contributed by atoms with Gasteiger partial charge < -0.3 is 20.5 Å². The van der Waals surface area contributed by atoms with E-state index in [9.17, 15) is 9.59 Å². The summed E-state index contributed by atoms with van der Waals surface area (Å²) in [5.74, 6) is -1.30. The number of nitrogens with one attached hydrogen (secondary N) is 2. The van der Waals surface area contributed by atoms with Gasteiger partial charge in [-0.3, -0.25) is 9.59 Å². The summed E-state index contributed by atoms with van der Waals surface area (Å²) in [6, 6.07) is 6.20. The van der Waals surface area contributed by atoms with Gasteiger partial charge in [-0.2, -0.15) is 0 Å². The molecule has 0 radical (unpaired) electrons. The molecular formula is C19H28N2O4. The first-order chi connectivity index (χ1) is 12.2. The molecule has 6 nitrogen and oxygen atoms in total. The van der Waals surface area contributed by atoms with E-state index in [1.54, 1.807) is 0 Å². The van der Waals surface area contributed by atoms with Gasteiger partial charge in [0, 0.05) is 6.54 Å². The smallest absolute Gasteiger partial charge is 0.309 e. The third-order valence-electron chi connectivity index (χ3n) is 4.46. The van der Waals surface area contributed by atoms with Crippen LogP contribution in [0.1, 0.15) is 48.9 Å². The van der Waals surface area contributed by atoms with Crippen molar-refractivity contribution in [1.82, 2.24) is 10.6 Å². The molecule has 2 amide bonds. The lowest BCUT2D eigenvalue weighted by atomic mass is 9.89. The van der Waals surface area contributed by atoms with E-state index in [0.717, 1.165) is 24.8 Å². The average molecular weight is 348 g/mol. The lowest BCUT2D eigenvalue weighted by Crippen LogP contribution is -2.42. The van der Waals surface area contributed by atoms with Gasteiger partial charge in [-0.05, 0) is 48.8 Å². The van der Waals surface area contributed by atoms with Gasteiger partial charge in [0.15, 0.2) is 0 Å². The van der Waals surface area contributed by atoms with E-state index in [2.05, 4.69) is 28.8 Å². The molecule has 6 heteroatoms. The fourth-order valence-corrected chi connectivity index (χ4v) is 3.10. The molecule has 25 heavy (non-hydrogen) atoms. The molecule has 1 unspecified atom stereocenters. The Balaban J connectivity index is 1.88. The Morgan fingerprint density at radius 2 is 1.92 bits per heavy atom. The molecule has 0 heterocycles. The second-order valence-corrected chi connectivity index (χ2v) is 6.26. The van der Waals surface area contributed by atoms with Crippen LogP contribution < -0.4 is 10.6 Å². The Bertz CT molecular complexity index is 589. The number of carbonyl (C=O) groups is 2. The number of ether oxygens (including phenoxy) is 1. The number of fused-ring (bicyclic) bond motifs is 1. The molecule has 138 valence electrons. The van der Waals surface area contributed by atoms with Gasteiger partial charge >= 0.3 is 11.8 Å². The second kappa shape index (κ2) is 10.2. The maximum absolute atomic E-state index is 12.1. The minimum absolute atomic E-state index is 0.0621. The fraction of sp³-hybridized carbons (Fsp3) is 0.579. The van der Waals surface area contributed by atoms with Gasteiger partial charge in [0.25, 0.3) is 0 Å². The van der Waals surface area contributed by atoms with Crippen molar-refractivity contribution in [2.24, 2.45) is 0 Å². The van der Waals surface area contributed by atoms with Crippen LogP contribution in [-0.4, -0.2) is 43.3 Å². The minimum atomic E-state index is -0.663. The van der Waals surface area contributed by atoms with E-state index < -0.39 is 11.8 Å². The van der Waals surface area contributed by atoms with Crippen molar-refractivity contribution in [3.05, 3.63) is 34.9 Å². The molecular weight excluding hydrogens is 320 g/mol. The third kappa shape index (κ3) is 5.83. The number of amides is 2. The van der Waals surface area contributed by atoms with Crippen molar-refractivity contribution < 1.29 is 19.4 Å². The van der Waals surface area contributed by atoms with Crippen LogP contribution in [0.4, 0.5) is 0 Å². The minimum Gasteiger partial charge on any atom is -0.394 e. The van der Waals surface area contributed by atoms with Gasteiger partial charge in [-0.25, -0.2) is 0 Å². The number of carbonyl (C=O) groups excluding carboxylic acids is 2. The molecule has 1 aliphatic carbocycles. The highest BCUT2D eigenvalue weighted by atomic mass is 16.5. The van der Waals surface area contributed by atoms with Crippen LogP contribution in [0, 0.1) is 0 Å². The topological polar surface area (TPSA) is 87.7 Å². The number of benzene rings is 1. The van der Waals surface area contributed by atoms with Crippen molar-refractivity contribution in [2.45, 2.75) is 45.1 Å². The molecule has 0 saturated heterocycles. The first-order valence-corrected chi connectivity index (χ1v) is 9.04. The summed E-state index contributed by atoms with van der Waals surface area (Å²) in [5, 5.41) is 13.9. The molecule has 1 aromatic carbocycles. The van der Waals surface area contributed by atoms with E-state index in [1.807, 2.05) is 6.92 Å². The standard InChI is InChI=1S/C19H28N2O4/c1-2-17(16-8-7-14-5-3-4-6-15(14)13-16)21-19(24)18(23)20-9-11-25-12-10-22/h7-8,13,17,22H,2-6,9-12H2,1H3,(H,20,23)(H,21,24). The zero-order chi connectivity index (χ0) is 18.1.